The fourth-order valence-corrected chi connectivity index (χ4v) is 4.19. The van der Waals surface area contributed by atoms with Crippen molar-refractivity contribution in [3.05, 3.63) is 83.2 Å². The summed E-state index contributed by atoms with van der Waals surface area (Å²) in [6.07, 6.45) is 0. The van der Waals surface area contributed by atoms with E-state index in [1.807, 2.05) is 54.6 Å². The molecule has 2 aromatic heterocycles. The monoisotopic (exact) mass is 498 g/mol. The number of ether oxygens (including phenoxy) is 3. The Kier molecular flexibility index (Phi) is 6.21. The van der Waals surface area contributed by atoms with Crippen LogP contribution in [0.5, 0.6) is 11.5 Å². The van der Waals surface area contributed by atoms with E-state index in [0.717, 1.165) is 10.9 Å². The first-order valence-corrected chi connectivity index (χ1v) is 11.8. The van der Waals surface area contributed by atoms with Gasteiger partial charge in [0.25, 0.3) is 0 Å². The van der Waals surface area contributed by atoms with Crippen molar-refractivity contribution in [1.29, 1.82) is 0 Å². The number of carbonyl (C=O) groups excluding carboxylic acids is 1. The molecule has 37 heavy (non-hydrogen) atoms. The van der Waals surface area contributed by atoms with Crippen LogP contribution < -0.4 is 15.1 Å². The Morgan fingerprint density at radius 3 is 2.38 bits per heavy atom. The van der Waals surface area contributed by atoms with Crippen molar-refractivity contribution < 1.29 is 27.8 Å². The topological polar surface area (TPSA) is 88.1 Å². The Morgan fingerprint density at radius 2 is 1.65 bits per heavy atom. The number of benzene rings is 3. The van der Waals surface area contributed by atoms with Gasteiger partial charge in [-0.15, -0.1) is 0 Å². The maximum absolute atomic E-state index is 12.6. The van der Waals surface area contributed by atoms with Gasteiger partial charge in [-0.3, -0.25) is 0 Å². The lowest BCUT2D eigenvalue weighted by Crippen LogP contribution is -2.27. The Balaban J connectivity index is 1.67. The predicted octanol–water partition coefficient (Wildman–Crippen LogP) is 6.60. The Bertz CT molecular complexity index is 1650. The van der Waals surface area contributed by atoms with Crippen molar-refractivity contribution in [2.45, 2.75) is 26.4 Å². The maximum Gasteiger partial charge on any atom is 0.344 e. The molecule has 5 rings (SSSR count). The molecule has 0 aliphatic rings. The van der Waals surface area contributed by atoms with Gasteiger partial charge in [0.1, 0.15) is 22.7 Å². The van der Waals surface area contributed by atoms with Crippen LogP contribution in [0.1, 0.15) is 20.8 Å². The highest BCUT2D eigenvalue weighted by Crippen LogP contribution is 2.40. The van der Waals surface area contributed by atoms with Gasteiger partial charge in [0.2, 0.25) is 0 Å². The van der Waals surface area contributed by atoms with Gasteiger partial charge in [0.05, 0.1) is 7.11 Å². The largest absolute Gasteiger partial charge is 0.493 e. The van der Waals surface area contributed by atoms with Crippen molar-refractivity contribution in [3.8, 4) is 33.9 Å². The fourth-order valence-electron chi connectivity index (χ4n) is 4.19. The number of methoxy groups -OCH3 is 1. The maximum atomic E-state index is 12.6. The molecule has 0 unspecified atom stereocenters. The first kappa shape index (κ1) is 24.2. The molecule has 0 atom stereocenters. The molecule has 0 bridgehead atoms. The van der Waals surface area contributed by atoms with E-state index in [9.17, 15) is 9.59 Å². The lowest BCUT2D eigenvalue weighted by molar-refractivity contribution is -0.157. The third-order valence-electron chi connectivity index (χ3n) is 5.69. The summed E-state index contributed by atoms with van der Waals surface area (Å²) in [6, 6.07) is 21.8. The molecule has 2 heterocycles. The minimum atomic E-state index is -0.634. The van der Waals surface area contributed by atoms with Crippen molar-refractivity contribution in [2.24, 2.45) is 0 Å². The van der Waals surface area contributed by atoms with E-state index in [2.05, 4.69) is 0 Å². The summed E-state index contributed by atoms with van der Waals surface area (Å²) in [6.45, 7) is 5.11. The number of para-hydroxylation sites is 1. The number of fused-ring (bicyclic) bond motifs is 2. The Labute approximate surface area is 213 Å². The highest BCUT2D eigenvalue weighted by Gasteiger charge is 2.20. The van der Waals surface area contributed by atoms with Crippen LogP contribution in [0.4, 0.5) is 0 Å². The van der Waals surface area contributed by atoms with Crippen LogP contribution in [-0.4, -0.2) is 25.3 Å². The van der Waals surface area contributed by atoms with Crippen molar-refractivity contribution >= 4 is 27.9 Å². The van der Waals surface area contributed by atoms with Crippen molar-refractivity contribution in [2.75, 3.05) is 13.7 Å². The van der Waals surface area contributed by atoms with Crippen molar-refractivity contribution in [3.63, 3.8) is 0 Å². The van der Waals surface area contributed by atoms with Crippen LogP contribution >= 0.6 is 0 Å². The molecule has 0 amide bonds. The van der Waals surface area contributed by atoms with Crippen LogP contribution in [0.2, 0.25) is 0 Å². The average molecular weight is 499 g/mol. The zero-order valence-electron chi connectivity index (χ0n) is 21.0. The summed E-state index contributed by atoms with van der Waals surface area (Å²) in [5.41, 5.74) is 1.82. The second kappa shape index (κ2) is 9.50. The third-order valence-corrected chi connectivity index (χ3v) is 5.69. The van der Waals surface area contributed by atoms with Gasteiger partial charge in [0, 0.05) is 28.0 Å². The standard InChI is InChI=1S/C30H26O7/c1-30(2,3)37-28(32)17-34-24-15-21-22(25-13-19-11-8-12-23(33-4)29(19)36-25)16-27(31)35-26(21)14-20(24)18-9-6-5-7-10-18/h5-16H,17H2,1-4H3. The van der Waals surface area contributed by atoms with Crippen LogP contribution in [0.3, 0.4) is 0 Å². The molecule has 3 aromatic carbocycles. The zero-order valence-corrected chi connectivity index (χ0v) is 21.0. The highest BCUT2D eigenvalue weighted by atomic mass is 16.6. The molecular weight excluding hydrogens is 472 g/mol. The summed E-state index contributed by atoms with van der Waals surface area (Å²) in [5.74, 6) is 1.01. The molecule has 0 radical (unpaired) electrons. The zero-order chi connectivity index (χ0) is 26.2. The lowest BCUT2D eigenvalue weighted by atomic mass is 10.00. The first-order valence-electron chi connectivity index (χ1n) is 11.8. The Hall–Kier alpha value is -4.52. The summed E-state index contributed by atoms with van der Waals surface area (Å²) in [5, 5.41) is 1.43. The average Bonchev–Trinajstić information content (AvgIpc) is 3.30. The SMILES string of the molecule is COc1cccc2cc(-c3cc(=O)oc4cc(-c5ccccc5)c(OCC(=O)OC(C)(C)C)cc34)oc12. The van der Waals surface area contributed by atoms with Crippen LogP contribution in [0, 0.1) is 0 Å². The second-order valence-electron chi connectivity index (χ2n) is 9.55. The van der Waals surface area contributed by atoms with Crippen LogP contribution in [0.15, 0.2) is 86.4 Å². The minimum absolute atomic E-state index is 0.281. The van der Waals surface area contributed by atoms with Gasteiger partial charge < -0.3 is 23.0 Å². The van der Waals surface area contributed by atoms with Gasteiger partial charge in [-0.25, -0.2) is 9.59 Å². The van der Waals surface area contributed by atoms with E-state index < -0.39 is 17.2 Å². The van der Waals surface area contributed by atoms with E-state index in [1.54, 1.807) is 40.0 Å². The molecule has 0 aliphatic carbocycles. The molecule has 7 nitrogen and oxygen atoms in total. The molecule has 0 spiro atoms. The van der Waals surface area contributed by atoms with E-state index in [1.165, 1.54) is 6.07 Å². The van der Waals surface area contributed by atoms with E-state index in [4.69, 9.17) is 23.0 Å². The first-order chi connectivity index (χ1) is 17.7. The van der Waals surface area contributed by atoms with Gasteiger partial charge in [-0.1, -0.05) is 42.5 Å². The molecule has 188 valence electrons. The molecular formula is C30H26O7. The highest BCUT2D eigenvalue weighted by molar-refractivity contribution is 5.98. The number of carbonyl (C=O) groups is 1. The summed E-state index contributed by atoms with van der Waals surface area (Å²) in [4.78, 5) is 25.0. The Morgan fingerprint density at radius 1 is 0.865 bits per heavy atom. The van der Waals surface area contributed by atoms with Crippen molar-refractivity contribution in [1.82, 2.24) is 0 Å². The number of hydrogen-bond acceptors (Lipinski definition) is 7. The van der Waals surface area contributed by atoms with E-state index in [-0.39, 0.29) is 6.61 Å². The predicted molar refractivity (Wildman–Crippen MR) is 141 cm³/mol. The third kappa shape index (κ3) is 5.07. The van der Waals surface area contributed by atoms with Crippen LogP contribution in [-0.2, 0) is 9.53 Å². The molecule has 0 aliphatic heterocycles. The quantitative estimate of drug-likeness (QED) is 0.192. The van der Waals surface area contributed by atoms with Crippen LogP contribution in [0.25, 0.3) is 44.4 Å². The molecule has 0 saturated heterocycles. The molecule has 0 fully saturated rings. The summed E-state index contributed by atoms with van der Waals surface area (Å²) >= 11 is 0. The number of furan rings is 1. The number of rotatable bonds is 6. The van der Waals surface area contributed by atoms with Gasteiger partial charge >= 0.3 is 11.6 Å². The molecule has 0 saturated carbocycles. The number of hydrogen-bond donors (Lipinski definition) is 0. The normalized spacial score (nSPS) is 11.6. The number of esters is 1. The van der Waals surface area contributed by atoms with Gasteiger partial charge in [0.15, 0.2) is 17.9 Å². The van der Waals surface area contributed by atoms with Gasteiger partial charge in [-0.2, -0.15) is 0 Å². The van der Waals surface area contributed by atoms with Gasteiger partial charge in [-0.05, 0) is 50.6 Å². The molecule has 7 heteroatoms. The fraction of sp³-hybridized carbons (Fsp3) is 0.200. The molecule has 5 aromatic rings. The minimum Gasteiger partial charge on any atom is -0.493 e. The second-order valence-corrected chi connectivity index (χ2v) is 9.55. The molecule has 0 N–H and O–H groups in total. The van der Waals surface area contributed by atoms with E-state index >= 15 is 0 Å². The lowest BCUT2D eigenvalue weighted by Gasteiger charge is -2.20. The smallest absolute Gasteiger partial charge is 0.344 e. The van der Waals surface area contributed by atoms with E-state index in [0.29, 0.717) is 44.9 Å². The summed E-state index contributed by atoms with van der Waals surface area (Å²) < 4.78 is 28.5. The summed E-state index contributed by atoms with van der Waals surface area (Å²) in [7, 11) is 1.57.